The van der Waals surface area contributed by atoms with Crippen molar-refractivity contribution < 1.29 is 13.8 Å². The Morgan fingerprint density at radius 3 is 2.39 bits per heavy atom. The molecule has 2 amide bonds. The molecular weight excluding hydrogens is 252 g/mol. The number of aryl methyl sites for hydroxylation is 1. The lowest BCUT2D eigenvalue weighted by Crippen LogP contribution is -2.23. The van der Waals surface area contributed by atoms with E-state index < -0.39 is 22.6 Å². The first-order valence-corrected chi connectivity index (χ1v) is 7.02. The lowest BCUT2D eigenvalue weighted by Gasteiger charge is -2.09. The first kappa shape index (κ1) is 14.4. The average molecular weight is 268 g/mol. The van der Waals surface area contributed by atoms with Gasteiger partial charge in [0.2, 0.25) is 11.8 Å². The number of amides is 2. The van der Waals surface area contributed by atoms with Crippen LogP contribution in [0.3, 0.4) is 0 Å². The van der Waals surface area contributed by atoms with Gasteiger partial charge in [-0.1, -0.05) is 19.1 Å². The smallest absolute Gasteiger partial charge is 0.249 e. The molecule has 5 nitrogen and oxygen atoms in total. The summed E-state index contributed by atoms with van der Waals surface area (Å²) in [6, 6.07) is 4.79. The summed E-state index contributed by atoms with van der Waals surface area (Å²) in [5, 5.41) is 0. The number of carbonyl (C=O) groups is 2. The number of benzene rings is 1. The fraction of sp³-hybridized carbons (Fsp3) is 0.333. The monoisotopic (exact) mass is 268 g/mol. The fourth-order valence-electron chi connectivity index (χ4n) is 1.67. The maximum absolute atomic E-state index is 11.4. The molecule has 0 spiro atoms. The summed E-state index contributed by atoms with van der Waals surface area (Å²) in [6.45, 7) is 1.82. The van der Waals surface area contributed by atoms with Gasteiger partial charge in [-0.05, 0) is 18.1 Å². The molecule has 0 aliphatic rings. The molecule has 1 aromatic rings. The number of rotatable bonds is 6. The van der Waals surface area contributed by atoms with Crippen LogP contribution in [0.25, 0.3) is 0 Å². The van der Waals surface area contributed by atoms with E-state index in [9.17, 15) is 13.8 Å². The second kappa shape index (κ2) is 6.30. The molecule has 0 heterocycles. The van der Waals surface area contributed by atoms with Crippen LogP contribution in [0, 0.1) is 0 Å². The minimum absolute atomic E-state index is 0.113. The zero-order valence-corrected chi connectivity index (χ0v) is 11.0. The number of primary amides is 2. The first-order valence-electron chi connectivity index (χ1n) is 5.53. The summed E-state index contributed by atoms with van der Waals surface area (Å²) in [7, 11) is -0.935. The Kier molecular flexibility index (Phi) is 5.03. The van der Waals surface area contributed by atoms with Crippen LogP contribution >= 0.6 is 0 Å². The Hall–Kier alpha value is -1.69. The highest BCUT2D eigenvalue weighted by atomic mass is 32.2. The van der Waals surface area contributed by atoms with Crippen molar-refractivity contribution >= 4 is 22.6 Å². The molecule has 98 valence electrons. The summed E-state index contributed by atoms with van der Waals surface area (Å²) in [5.74, 6) is -0.399. The second-order valence-corrected chi connectivity index (χ2v) is 5.62. The summed E-state index contributed by atoms with van der Waals surface area (Å²) in [6.07, 6.45) is 0.430. The van der Waals surface area contributed by atoms with Gasteiger partial charge in [0, 0.05) is 22.3 Å². The van der Waals surface area contributed by atoms with E-state index in [0.717, 1.165) is 0 Å². The van der Waals surface area contributed by atoms with Gasteiger partial charge in [-0.3, -0.25) is 13.8 Å². The quantitative estimate of drug-likeness (QED) is 0.770. The molecule has 1 atom stereocenters. The fourth-order valence-corrected chi connectivity index (χ4v) is 2.41. The highest BCUT2D eigenvalue weighted by Gasteiger charge is 2.17. The molecule has 0 aliphatic carbocycles. The Morgan fingerprint density at radius 1 is 1.22 bits per heavy atom. The minimum atomic E-state index is -0.935. The van der Waals surface area contributed by atoms with Gasteiger partial charge in [0.1, 0.15) is 0 Å². The molecule has 1 rings (SSSR count). The molecule has 0 saturated heterocycles. The van der Waals surface area contributed by atoms with E-state index >= 15 is 0 Å². The van der Waals surface area contributed by atoms with Gasteiger partial charge in [-0.25, -0.2) is 0 Å². The summed E-state index contributed by atoms with van der Waals surface area (Å²) < 4.78 is 11.4. The van der Waals surface area contributed by atoms with Gasteiger partial charge < -0.3 is 11.5 Å². The summed E-state index contributed by atoms with van der Waals surface area (Å²) in [5.41, 5.74) is 11.3. The van der Waals surface area contributed by atoms with Gasteiger partial charge in [-0.2, -0.15) is 0 Å². The van der Waals surface area contributed by atoms with Crippen molar-refractivity contribution in [3.63, 3.8) is 0 Å². The van der Waals surface area contributed by atoms with E-state index in [4.69, 9.17) is 11.5 Å². The van der Waals surface area contributed by atoms with E-state index in [2.05, 4.69) is 0 Å². The van der Waals surface area contributed by atoms with Crippen LogP contribution in [0.5, 0.6) is 0 Å². The van der Waals surface area contributed by atoms with Gasteiger partial charge in [0.15, 0.2) is 0 Å². The van der Waals surface area contributed by atoms with E-state index in [1.165, 1.54) is 6.07 Å². The second-order valence-electron chi connectivity index (χ2n) is 3.75. The van der Waals surface area contributed by atoms with E-state index in [0.29, 0.717) is 23.5 Å². The van der Waals surface area contributed by atoms with Crippen molar-refractivity contribution in [1.82, 2.24) is 0 Å². The van der Waals surface area contributed by atoms with Crippen molar-refractivity contribution in [3.8, 4) is 0 Å². The van der Waals surface area contributed by atoms with Crippen molar-refractivity contribution in [3.05, 3.63) is 34.9 Å². The van der Waals surface area contributed by atoms with Crippen LogP contribution in [0.4, 0.5) is 0 Å². The Bertz CT molecular complexity index is 500. The minimum Gasteiger partial charge on any atom is -0.366 e. The maximum Gasteiger partial charge on any atom is 0.249 e. The van der Waals surface area contributed by atoms with Crippen LogP contribution in [0.15, 0.2) is 18.2 Å². The van der Waals surface area contributed by atoms with Crippen molar-refractivity contribution in [1.29, 1.82) is 0 Å². The average Bonchev–Trinajstić information content (AvgIpc) is 2.34. The molecule has 6 heteroatoms. The third kappa shape index (κ3) is 3.40. The zero-order chi connectivity index (χ0) is 13.7. The molecule has 0 aliphatic heterocycles. The highest BCUT2D eigenvalue weighted by Crippen LogP contribution is 2.15. The molecule has 0 aromatic heterocycles. The van der Waals surface area contributed by atoms with Crippen molar-refractivity contribution in [2.75, 3.05) is 11.5 Å². The van der Waals surface area contributed by atoms with Crippen LogP contribution in [0.2, 0.25) is 0 Å². The van der Waals surface area contributed by atoms with Crippen LogP contribution in [-0.2, 0) is 17.2 Å². The van der Waals surface area contributed by atoms with E-state index in [1.807, 2.05) is 6.92 Å². The topological polar surface area (TPSA) is 103 Å². The number of nitrogens with two attached hydrogens (primary N) is 2. The Labute approximate surface area is 108 Å². The van der Waals surface area contributed by atoms with Crippen LogP contribution in [0.1, 0.15) is 33.2 Å². The Morgan fingerprint density at radius 2 is 1.89 bits per heavy atom. The number of hydrogen-bond donors (Lipinski definition) is 2. The lowest BCUT2D eigenvalue weighted by molar-refractivity contribution is 0.0966. The summed E-state index contributed by atoms with van der Waals surface area (Å²) in [4.78, 5) is 22.6. The largest absolute Gasteiger partial charge is 0.366 e. The molecule has 1 unspecified atom stereocenters. The molecular formula is C12H16N2O3S. The molecule has 1 aromatic carbocycles. The molecule has 0 bridgehead atoms. The third-order valence-corrected chi connectivity index (χ3v) is 3.89. The highest BCUT2D eigenvalue weighted by molar-refractivity contribution is 7.84. The standard InChI is InChI=1S/C12H16N2O3S/c1-2-18(17)7-6-8-4-3-5-9(11(13)15)10(8)12(14)16/h3-5H,2,6-7H2,1H3,(H2,13,15)(H2,14,16). The van der Waals surface area contributed by atoms with E-state index in [1.54, 1.807) is 12.1 Å². The van der Waals surface area contributed by atoms with Crippen molar-refractivity contribution in [2.24, 2.45) is 11.5 Å². The molecule has 0 fully saturated rings. The van der Waals surface area contributed by atoms with E-state index in [-0.39, 0.29) is 11.1 Å². The normalized spacial score (nSPS) is 12.1. The van der Waals surface area contributed by atoms with Gasteiger partial charge in [0.05, 0.1) is 11.1 Å². The SMILES string of the molecule is CCS(=O)CCc1cccc(C(N)=O)c1C(N)=O. The van der Waals surface area contributed by atoms with Gasteiger partial charge in [-0.15, -0.1) is 0 Å². The third-order valence-electron chi connectivity index (χ3n) is 2.58. The van der Waals surface area contributed by atoms with Crippen LogP contribution < -0.4 is 11.5 Å². The van der Waals surface area contributed by atoms with Crippen molar-refractivity contribution in [2.45, 2.75) is 13.3 Å². The first-order chi connectivity index (χ1) is 8.47. The molecule has 0 saturated carbocycles. The van der Waals surface area contributed by atoms with Crippen LogP contribution in [-0.4, -0.2) is 27.5 Å². The predicted molar refractivity (Wildman–Crippen MR) is 70.7 cm³/mol. The Balaban J connectivity index is 3.11. The predicted octanol–water partition coefficient (Wildman–Crippen LogP) is 0.196. The molecule has 4 N–H and O–H groups in total. The number of hydrogen-bond acceptors (Lipinski definition) is 3. The lowest BCUT2D eigenvalue weighted by atomic mass is 9.98. The molecule has 0 radical (unpaired) electrons. The van der Waals surface area contributed by atoms with Gasteiger partial charge >= 0.3 is 0 Å². The maximum atomic E-state index is 11.4. The molecule has 18 heavy (non-hydrogen) atoms. The zero-order valence-electron chi connectivity index (χ0n) is 10.1. The summed E-state index contributed by atoms with van der Waals surface area (Å²) >= 11 is 0. The number of carbonyl (C=O) groups excluding carboxylic acids is 2. The van der Waals surface area contributed by atoms with Gasteiger partial charge in [0.25, 0.3) is 0 Å².